The molecule has 0 atom stereocenters. The molecule has 0 fully saturated rings. The lowest BCUT2D eigenvalue weighted by Crippen LogP contribution is -2.35. The summed E-state index contributed by atoms with van der Waals surface area (Å²) in [5.41, 5.74) is 2.03. The van der Waals surface area contributed by atoms with E-state index in [4.69, 9.17) is 4.74 Å². The number of ether oxygens (including phenoxy) is 1. The van der Waals surface area contributed by atoms with Gasteiger partial charge in [0.1, 0.15) is 5.60 Å². The van der Waals surface area contributed by atoms with Crippen LogP contribution in [0.15, 0.2) is 72.8 Å². The molecule has 0 spiro atoms. The van der Waals surface area contributed by atoms with Gasteiger partial charge in [0, 0.05) is 6.61 Å². The molecule has 25 heavy (non-hydrogen) atoms. The number of allylic oxidation sites excluding steroid dienone is 1. The first-order valence-electron chi connectivity index (χ1n) is 8.90. The Morgan fingerprint density at radius 3 is 1.96 bits per heavy atom. The standard InChI is InChI=1S/C22H29NO.ClH/c1-3-5-12-18-23-19-17-22(24-4-2,20-13-8-6-9-14-20)21-15-10-7-11-16-21;/h3,5-11,13-16,23H,4,12,17-19H2,1-2H3;1H. The van der Waals surface area contributed by atoms with E-state index in [0.717, 1.165) is 25.9 Å². The summed E-state index contributed by atoms with van der Waals surface area (Å²) in [5.74, 6) is 0. The van der Waals surface area contributed by atoms with E-state index in [9.17, 15) is 0 Å². The molecular weight excluding hydrogens is 330 g/mol. The minimum absolute atomic E-state index is 0. The van der Waals surface area contributed by atoms with Crippen LogP contribution in [0.25, 0.3) is 0 Å². The van der Waals surface area contributed by atoms with Gasteiger partial charge in [0.05, 0.1) is 0 Å². The van der Waals surface area contributed by atoms with Crippen LogP contribution in [-0.2, 0) is 10.3 Å². The van der Waals surface area contributed by atoms with Crippen molar-refractivity contribution in [2.45, 2.75) is 32.3 Å². The molecular formula is C22H30ClNO. The number of nitrogens with one attached hydrogen (secondary N) is 1. The zero-order valence-electron chi connectivity index (χ0n) is 15.3. The monoisotopic (exact) mass is 359 g/mol. The normalized spacial score (nSPS) is 11.4. The van der Waals surface area contributed by atoms with E-state index in [-0.39, 0.29) is 12.4 Å². The third-order valence-corrected chi connectivity index (χ3v) is 4.25. The first-order valence-corrected chi connectivity index (χ1v) is 8.90. The fourth-order valence-corrected chi connectivity index (χ4v) is 3.10. The highest BCUT2D eigenvalue weighted by Gasteiger charge is 2.34. The van der Waals surface area contributed by atoms with Crippen LogP contribution in [0.1, 0.15) is 37.8 Å². The van der Waals surface area contributed by atoms with E-state index >= 15 is 0 Å². The molecule has 0 aliphatic rings. The molecule has 2 rings (SSSR count). The maximum atomic E-state index is 6.38. The molecule has 0 bridgehead atoms. The maximum absolute atomic E-state index is 6.38. The molecule has 0 aliphatic carbocycles. The smallest absolute Gasteiger partial charge is 0.119 e. The Hall–Kier alpha value is -1.61. The van der Waals surface area contributed by atoms with Gasteiger partial charge < -0.3 is 10.1 Å². The lowest BCUT2D eigenvalue weighted by Gasteiger charge is -2.35. The maximum Gasteiger partial charge on any atom is 0.119 e. The highest BCUT2D eigenvalue weighted by molar-refractivity contribution is 5.85. The second-order valence-corrected chi connectivity index (χ2v) is 5.85. The quantitative estimate of drug-likeness (QED) is 0.457. The van der Waals surface area contributed by atoms with Gasteiger partial charge >= 0.3 is 0 Å². The first kappa shape index (κ1) is 21.4. The van der Waals surface area contributed by atoms with Crippen LogP contribution in [-0.4, -0.2) is 19.7 Å². The third-order valence-electron chi connectivity index (χ3n) is 4.25. The van der Waals surface area contributed by atoms with Crippen LogP contribution in [0.4, 0.5) is 0 Å². The molecule has 0 amide bonds. The van der Waals surface area contributed by atoms with Gasteiger partial charge in [-0.3, -0.25) is 0 Å². The van der Waals surface area contributed by atoms with Crippen LogP contribution in [0.5, 0.6) is 0 Å². The molecule has 0 unspecified atom stereocenters. The van der Waals surface area contributed by atoms with Crippen molar-refractivity contribution in [1.29, 1.82) is 0 Å². The molecule has 0 saturated carbocycles. The van der Waals surface area contributed by atoms with E-state index in [1.54, 1.807) is 0 Å². The van der Waals surface area contributed by atoms with Gasteiger partial charge in [-0.1, -0.05) is 72.8 Å². The Bertz CT molecular complexity index is 558. The summed E-state index contributed by atoms with van der Waals surface area (Å²) in [4.78, 5) is 0. The summed E-state index contributed by atoms with van der Waals surface area (Å²) in [6.45, 7) is 6.73. The van der Waals surface area contributed by atoms with Crippen LogP contribution in [0, 0.1) is 0 Å². The Morgan fingerprint density at radius 1 is 0.920 bits per heavy atom. The molecule has 0 aliphatic heterocycles. The molecule has 3 heteroatoms. The van der Waals surface area contributed by atoms with E-state index in [0.29, 0.717) is 6.61 Å². The summed E-state index contributed by atoms with van der Waals surface area (Å²) in [7, 11) is 0. The average molecular weight is 360 g/mol. The number of hydrogen-bond donors (Lipinski definition) is 1. The summed E-state index contributed by atoms with van der Waals surface area (Å²) in [5, 5.41) is 3.54. The Labute approximate surface area is 158 Å². The van der Waals surface area contributed by atoms with Crippen molar-refractivity contribution < 1.29 is 4.74 Å². The van der Waals surface area contributed by atoms with Crippen molar-refractivity contribution in [3.05, 3.63) is 83.9 Å². The number of hydrogen-bond acceptors (Lipinski definition) is 2. The van der Waals surface area contributed by atoms with Crippen LogP contribution in [0.3, 0.4) is 0 Å². The topological polar surface area (TPSA) is 21.3 Å². The third kappa shape index (κ3) is 6.00. The second kappa shape index (κ2) is 11.9. The van der Waals surface area contributed by atoms with Gasteiger partial charge in [0.25, 0.3) is 0 Å². The van der Waals surface area contributed by atoms with Crippen molar-refractivity contribution >= 4 is 12.4 Å². The SMILES string of the molecule is CC=CCCNCCC(OCC)(c1ccccc1)c1ccccc1.Cl. The van der Waals surface area contributed by atoms with E-state index in [1.807, 2.05) is 0 Å². The molecule has 0 saturated heterocycles. The lowest BCUT2D eigenvalue weighted by molar-refractivity contribution is -0.0172. The van der Waals surface area contributed by atoms with Gasteiger partial charge in [0.15, 0.2) is 0 Å². The first-order chi connectivity index (χ1) is 11.8. The highest BCUT2D eigenvalue weighted by Crippen LogP contribution is 2.36. The second-order valence-electron chi connectivity index (χ2n) is 5.85. The molecule has 2 aromatic carbocycles. The van der Waals surface area contributed by atoms with Gasteiger partial charge in [0.2, 0.25) is 0 Å². The number of rotatable bonds is 10. The van der Waals surface area contributed by atoms with Gasteiger partial charge in [-0.05, 0) is 50.9 Å². The Morgan fingerprint density at radius 2 is 1.48 bits per heavy atom. The zero-order chi connectivity index (χ0) is 17.1. The Kier molecular flexibility index (Phi) is 10.2. The molecule has 0 aromatic heterocycles. The van der Waals surface area contributed by atoms with Crippen molar-refractivity contribution in [2.75, 3.05) is 19.7 Å². The fourth-order valence-electron chi connectivity index (χ4n) is 3.10. The summed E-state index contributed by atoms with van der Waals surface area (Å²) < 4.78 is 6.38. The average Bonchev–Trinajstić information content (AvgIpc) is 2.65. The minimum atomic E-state index is -0.398. The van der Waals surface area contributed by atoms with E-state index in [1.165, 1.54) is 11.1 Å². The summed E-state index contributed by atoms with van der Waals surface area (Å²) >= 11 is 0. The summed E-state index contributed by atoms with van der Waals surface area (Å²) in [6.07, 6.45) is 6.26. The van der Waals surface area contributed by atoms with Crippen molar-refractivity contribution in [2.24, 2.45) is 0 Å². The van der Waals surface area contributed by atoms with E-state index in [2.05, 4.69) is 92.0 Å². The van der Waals surface area contributed by atoms with Crippen LogP contribution < -0.4 is 5.32 Å². The van der Waals surface area contributed by atoms with Crippen molar-refractivity contribution in [3.63, 3.8) is 0 Å². The van der Waals surface area contributed by atoms with Crippen LogP contribution in [0.2, 0.25) is 0 Å². The van der Waals surface area contributed by atoms with Crippen molar-refractivity contribution in [3.8, 4) is 0 Å². The predicted octanol–water partition coefficient (Wildman–Crippen LogP) is 5.33. The van der Waals surface area contributed by atoms with Gasteiger partial charge in [-0.2, -0.15) is 0 Å². The largest absolute Gasteiger partial charge is 0.366 e. The lowest BCUT2D eigenvalue weighted by atomic mass is 9.83. The van der Waals surface area contributed by atoms with Gasteiger partial charge in [-0.25, -0.2) is 0 Å². The number of benzene rings is 2. The number of halogens is 1. The summed E-state index contributed by atoms with van der Waals surface area (Å²) in [6, 6.07) is 21.1. The molecule has 0 radical (unpaired) electrons. The predicted molar refractivity (Wildman–Crippen MR) is 109 cm³/mol. The molecule has 2 aromatic rings. The fraction of sp³-hybridized carbons (Fsp3) is 0.364. The molecule has 2 nitrogen and oxygen atoms in total. The molecule has 136 valence electrons. The minimum Gasteiger partial charge on any atom is -0.366 e. The van der Waals surface area contributed by atoms with Crippen LogP contribution >= 0.6 is 12.4 Å². The Balaban J connectivity index is 0.00000312. The molecule has 1 N–H and O–H groups in total. The van der Waals surface area contributed by atoms with E-state index < -0.39 is 5.60 Å². The van der Waals surface area contributed by atoms with Gasteiger partial charge in [-0.15, -0.1) is 12.4 Å². The molecule has 0 heterocycles. The zero-order valence-corrected chi connectivity index (χ0v) is 16.1. The van der Waals surface area contributed by atoms with Crippen molar-refractivity contribution in [1.82, 2.24) is 5.32 Å². The highest BCUT2D eigenvalue weighted by atomic mass is 35.5.